The molecule has 2 heteroatoms. The average Bonchev–Trinajstić information content (AvgIpc) is 2.54. The van der Waals surface area contributed by atoms with Crippen LogP contribution < -0.4 is 5.32 Å². The Labute approximate surface area is 75.4 Å². The molecule has 0 aromatic heterocycles. The predicted molar refractivity (Wildman–Crippen MR) is 51.2 cm³/mol. The second kappa shape index (κ2) is 4.24. The zero-order valence-corrected chi connectivity index (χ0v) is 8.27. The average molecular weight is 171 g/mol. The topological polar surface area (TPSA) is 32.3 Å². The molecule has 72 valence electrons. The molecular weight excluding hydrogens is 150 g/mol. The molecule has 0 amide bonds. The van der Waals surface area contributed by atoms with Gasteiger partial charge < -0.3 is 10.4 Å². The van der Waals surface area contributed by atoms with E-state index in [9.17, 15) is 5.11 Å². The van der Waals surface area contributed by atoms with Crippen molar-refractivity contribution in [2.45, 2.75) is 57.5 Å². The summed E-state index contributed by atoms with van der Waals surface area (Å²) in [6, 6.07) is 0.537. The number of nitrogens with one attached hydrogen (secondary N) is 1. The fourth-order valence-corrected chi connectivity index (χ4v) is 2.02. The predicted octanol–water partition coefficient (Wildman–Crippen LogP) is 1.68. The summed E-state index contributed by atoms with van der Waals surface area (Å²) in [5.74, 6) is 0. The smallest absolute Gasteiger partial charge is 0.0613 e. The maximum absolute atomic E-state index is 9.30. The van der Waals surface area contributed by atoms with Crippen molar-refractivity contribution in [2.75, 3.05) is 6.61 Å². The molecule has 12 heavy (non-hydrogen) atoms. The quantitative estimate of drug-likeness (QED) is 0.674. The van der Waals surface area contributed by atoms with Crippen LogP contribution in [-0.2, 0) is 0 Å². The van der Waals surface area contributed by atoms with Gasteiger partial charge in [0.15, 0.2) is 0 Å². The zero-order chi connectivity index (χ0) is 9.03. The first kappa shape index (κ1) is 10.0. The van der Waals surface area contributed by atoms with Crippen LogP contribution in [0.25, 0.3) is 0 Å². The van der Waals surface area contributed by atoms with E-state index < -0.39 is 0 Å². The van der Waals surface area contributed by atoms with Crippen molar-refractivity contribution in [1.29, 1.82) is 0 Å². The summed E-state index contributed by atoms with van der Waals surface area (Å²) in [7, 11) is 0. The molecule has 2 nitrogen and oxygen atoms in total. The summed E-state index contributed by atoms with van der Waals surface area (Å²) in [6.45, 7) is 4.67. The highest BCUT2D eigenvalue weighted by Gasteiger charge is 2.33. The van der Waals surface area contributed by atoms with Crippen LogP contribution in [-0.4, -0.2) is 23.3 Å². The molecule has 0 radical (unpaired) electrons. The Morgan fingerprint density at radius 3 is 2.42 bits per heavy atom. The minimum absolute atomic E-state index is 0.0649. The highest BCUT2D eigenvalue weighted by molar-refractivity contribution is 4.93. The Balaban J connectivity index is 2.43. The molecule has 1 unspecified atom stereocenters. The van der Waals surface area contributed by atoms with E-state index in [1.54, 1.807) is 0 Å². The van der Waals surface area contributed by atoms with Crippen LogP contribution in [0.5, 0.6) is 0 Å². The molecule has 1 atom stereocenters. The molecule has 1 aliphatic carbocycles. The van der Waals surface area contributed by atoms with Crippen LogP contribution >= 0.6 is 0 Å². The lowest BCUT2D eigenvalue weighted by molar-refractivity contribution is 0.152. The highest BCUT2D eigenvalue weighted by Crippen LogP contribution is 2.29. The van der Waals surface area contributed by atoms with Crippen LogP contribution in [0.15, 0.2) is 0 Å². The summed E-state index contributed by atoms with van der Waals surface area (Å²) >= 11 is 0. The first-order chi connectivity index (χ1) is 5.72. The third-order valence-electron chi connectivity index (χ3n) is 3.03. The lowest BCUT2D eigenvalue weighted by atomic mass is 9.97. The van der Waals surface area contributed by atoms with E-state index >= 15 is 0 Å². The van der Waals surface area contributed by atoms with Crippen LogP contribution in [0.4, 0.5) is 0 Å². The summed E-state index contributed by atoms with van der Waals surface area (Å²) in [5, 5.41) is 12.8. The van der Waals surface area contributed by atoms with Gasteiger partial charge in [0.1, 0.15) is 0 Å². The first-order valence-electron chi connectivity index (χ1n) is 5.11. The third kappa shape index (κ3) is 2.20. The Morgan fingerprint density at radius 1 is 1.42 bits per heavy atom. The largest absolute Gasteiger partial charge is 0.394 e. The molecule has 1 fully saturated rings. The number of aliphatic hydroxyl groups excluding tert-OH is 1. The van der Waals surface area contributed by atoms with E-state index in [2.05, 4.69) is 19.2 Å². The molecule has 1 aliphatic rings. The Morgan fingerprint density at radius 2 is 2.00 bits per heavy atom. The third-order valence-corrected chi connectivity index (χ3v) is 3.03. The molecular formula is C10H21NO. The van der Waals surface area contributed by atoms with E-state index in [1.807, 2.05) is 0 Å². The summed E-state index contributed by atoms with van der Waals surface area (Å²) < 4.78 is 0. The van der Waals surface area contributed by atoms with E-state index in [1.165, 1.54) is 12.8 Å². The molecule has 0 aliphatic heterocycles. The maximum Gasteiger partial charge on any atom is 0.0613 e. The van der Waals surface area contributed by atoms with E-state index in [-0.39, 0.29) is 5.54 Å². The fraction of sp³-hybridized carbons (Fsp3) is 1.00. The van der Waals surface area contributed by atoms with Crippen molar-refractivity contribution in [3.8, 4) is 0 Å². The van der Waals surface area contributed by atoms with Gasteiger partial charge in [-0.05, 0) is 26.2 Å². The van der Waals surface area contributed by atoms with Gasteiger partial charge in [0.2, 0.25) is 0 Å². The zero-order valence-electron chi connectivity index (χ0n) is 8.27. The minimum atomic E-state index is 0.0649. The number of hydrogen-bond acceptors (Lipinski definition) is 2. The van der Waals surface area contributed by atoms with Gasteiger partial charge in [-0.1, -0.05) is 19.8 Å². The number of aliphatic hydroxyl groups is 1. The Bertz CT molecular complexity index is 130. The molecule has 0 spiro atoms. The second-order valence-electron chi connectivity index (χ2n) is 4.10. The van der Waals surface area contributed by atoms with Gasteiger partial charge in [-0.2, -0.15) is 0 Å². The lowest BCUT2D eigenvalue weighted by Gasteiger charge is -2.31. The summed E-state index contributed by atoms with van der Waals surface area (Å²) in [4.78, 5) is 0. The summed E-state index contributed by atoms with van der Waals surface area (Å²) in [5.41, 5.74) is 0.0649. The van der Waals surface area contributed by atoms with Crippen LogP contribution in [0.1, 0.15) is 46.0 Å². The Hall–Kier alpha value is -0.0800. The molecule has 0 aromatic carbocycles. The van der Waals surface area contributed by atoms with Crippen molar-refractivity contribution < 1.29 is 5.11 Å². The van der Waals surface area contributed by atoms with E-state index in [0.29, 0.717) is 12.6 Å². The van der Waals surface area contributed by atoms with Crippen LogP contribution in [0.2, 0.25) is 0 Å². The van der Waals surface area contributed by atoms with E-state index in [0.717, 1.165) is 19.3 Å². The van der Waals surface area contributed by atoms with Crippen molar-refractivity contribution in [1.82, 2.24) is 5.32 Å². The van der Waals surface area contributed by atoms with Crippen molar-refractivity contribution >= 4 is 0 Å². The normalized spacial score (nSPS) is 24.2. The molecule has 0 bridgehead atoms. The van der Waals surface area contributed by atoms with Gasteiger partial charge in [0.25, 0.3) is 0 Å². The van der Waals surface area contributed by atoms with Crippen LogP contribution in [0.3, 0.4) is 0 Å². The van der Waals surface area contributed by atoms with Gasteiger partial charge >= 0.3 is 0 Å². The van der Waals surface area contributed by atoms with Crippen molar-refractivity contribution in [3.63, 3.8) is 0 Å². The maximum atomic E-state index is 9.30. The molecule has 0 saturated heterocycles. The number of rotatable bonds is 4. The van der Waals surface area contributed by atoms with Crippen molar-refractivity contribution in [2.24, 2.45) is 0 Å². The molecule has 0 heterocycles. The SMILES string of the molecule is CCC(C)NC1(CO)CCCC1. The van der Waals surface area contributed by atoms with Gasteiger partial charge in [-0.3, -0.25) is 0 Å². The lowest BCUT2D eigenvalue weighted by Crippen LogP contribution is -2.50. The summed E-state index contributed by atoms with van der Waals surface area (Å²) in [6.07, 6.45) is 5.97. The van der Waals surface area contributed by atoms with Gasteiger partial charge in [-0.15, -0.1) is 0 Å². The molecule has 1 rings (SSSR count). The van der Waals surface area contributed by atoms with Crippen molar-refractivity contribution in [3.05, 3.63) is 0 Å². The Kier molecular flexibility index (Phi) is 3.53. The van der Waals surface area contributed by atoms with Gasteiger partial charge in [0, 0.05) is 11.6 Å². The monoisotopic (exact) mass is 171 g/mol. The van der Waals surface area contributed by atoms with Crippen LogP contribution in [0, 0.1) is 0 Å². The highest BCUT2D eigenvalue weighted by atomic mass is 16.3. The van der Waals surface area contributed by atoms with Gasteiger partial charge in [0.05, 0.1) is 6.61 Å². The fourth-order valence-electron chi connectivity index (χ4n) is 2.02. The minimum Gasteiger partial charge on any atom is -0.394 e. The molecule has 2 N–H and O–H groups in total. The van der Waals surface area contributed by atoms with E-state index in [4.69, 9.17) is 0 Å². The molecule has 1 saturated carbocycles. The second-order valence-corrected chi connectivity index (χ2v) is 4.10. The standard InChI is InChI=1S/C10H21NO/c1-3-9(2)11-10(8-12)6-4-5-7-10/h9,11-12H,3-8H2,1-2H3. The molecule has 0 aromatic rings. The van der Waals surface area contributed by atoms with Gasteiger partial charge in [-0.25, -0.2) is 0 Å². The first-order valence-corrected chi connectivity index (χ1v) is 5.11. The number of hydrogen-bond donors (Lipinski definition) is 2.